The van der Waals surface area contributed by atoms with Crippen LogP contribution in [0.25, 0.3) is 32.9 Å². The Hall–Kier alpha value is -3.97. The van der Waals surface area contributed by atoms with Gasteiger partial charge in [0.05, 0.1) is 23.1 Å². The fourth-order valence-electron chi connectivity index (χ4n) is 5.44. The van der Waals surface area contributed by atoms with Gasteiger partial charge in [0.1, 0.15) is 5.69 Å². The third kappa shape index (κ3) is 4.38. The number of aromatic amines is 2. The second-order valence-electron chi connectivity index (χ2n) is 10.5. The predicted octanol–water partition coefficient (Wildman–Crippen LogP) is 5.98. The number of hydrogen-bond donors (Lipinski definition) is 3. The molecule has 182 valence electrons. The van der Waals surface area contributed by atoms with Crippen molar-refractivity contribution >= 4 is 33.4 Å². The number of rotatable bonds is 5. The van der Waals surface area contributed by atoms with E-state index in [0.29, 0.717) is 16.8 Å². The number of piperidine rings is 1. The monoisotopic (exact) mass is 478 g/mol. The van der Waals surface area contributed by atoms with Gasteiger partial charge in [-0.3, -0.25) is 14.8 Å². The minimum atomic E-state index is -0.227. The number of carbonyl (C=O) groups is 1. The van der Waals surface area contributed by atoms with Gasteiger partial charge in [0.2, 0.25) is 0 Å². The fourth-order valence-corrected chi connectivity index (χ4v) is 5.44. The second kappa shape index (κ2) is 8.91. The maximum atomic E-state index is 13.3. The molecule has 0 aliphatic carbocycles. The van der Waals surface area contributed by atoms with E-state index in [2.05, 4.69) is 63.5 Å². The predicted molar refractivity (Wildman–Crippen MR) is 144 cm³/mol. The lowest BCUT2D eigenvalue weighted by Crippen LogP contribution is -2.39. The third-order valence-corrected chi connectivity index (χ3v) is 7.12. The zero-order valence-electron chi connectivity index (χ0n) is 20.6. The van der Waals surface area contributed by atoms with E-state index in [1.807, 2.05) is 30.5 Å². The number of fused-ring (bicyclic) bond motifs is 2. The topological polar surface area (TPSA) is 89.7 Å². The molecule has 0 saturated carbocycles. The van der Waals surface area contributed by atoms with Crippen molar-refractivity contribution in [2.45, 2.75) is 33.2 Å². The zero-order chi connectivity index (χ0) is 24.7. The largest absolute Gasteiger partial charge is 0.361 e. The average Bonchev–Trinajstić information content (AvgIpc) is 3.53. The molecule has 7 nitrogen and oxygen atoms in total. The Bertz CT molecular complexity index is 1560. The van der Waals surface area contributed by atoms with Gasteiger partial charge in [0.25, 0.3) is 5.91 Å². The Morgan fingerprint density at radius 3 is 2.86 bits per heavy atom. The number of anilines is 1. The summed E-state index contributed by atoms with van der Waals surface area (Å²) >= 11 is 0. The molecule has 36 heavy (non-hydrogen) atoms. The minimum absolute atomic E-state index is 0.227. The molecular formula is C29H30N6O. The Morgan fingerprint density at radius 2 is 1.97 bits per heavy atom. The number of nitrogens with one attached hydrogen (secondary N) is 3. The van der Waals surface area contributed by atoms with Crippen LogP contribution in [0, 0.1) is 5.41 Å². The van der Waals surface area contributed by atoms with Crippen molar-refractivity contribution in [3.63, 3.8) is 0 Å². The van der Waals surface area contributed by atoms with Gasteiger partial charge >= 0.3 is 0 Å². The number of H-pyrrole nitrogens is 2. The van der Waals surface area contributed by atoms with Crippen LogP contribution < -0.4 is 5.32 Å². The molecule has 0 atom stereocenters. The maximum Gasteiger partial charge on any atom is 0.274 e. The lowest BCUT2D eigenvalue weighted by molar-refractivity contribution is 0.101. The quantitative estimate of drug-likeness (QED) is 0.290. The van der Waals surface area contributed by atoms with Crippen molar-refractivity contribution in [3.8, 4) is 11.1 Å². The van der Waals surface area contributed by atoms with Gasteiger partial charge in [0, 0.05) is 35.6 Å². The van der Waals surface area contributed by atoms with Crippen molar-refractivity contribution in [3.05, 3.63) is 78.4 Å². The first-order valence-corrected chi connectivity index (χ1v) is 12.5. The summed E-state index contributed by atoms with van der Waals surface area (Å²) in [4.78, 5) is 23.7. The summed E-state index contributed by atoms with van der Waals surface area (Å²) in [5.74, 6) is -0.227. The van der Waals surface area contributed by atoms with Crippen molar-refractivity contribution in [1.82, 2.24) is 25.1 Å². The summed E-state index contributed by atoms with van der Waals surface area (Å²) in [5, 5.41) is 12.4. The molecule has 1 aliphatic rings. The van der Waals surface area contributed by atoms with Crippen LogP contribution in [0.15, 0.2) is 67.0 Å². The van der Waals surface area contributed by atoms with Gasteiger partial charge in [-0.15, -0.1) is 0 Å². The molecule has 3 N–H and O–H groups in total. The molecule has 6 rings (SSSR count). The van der Waals surface area contributed by atoms with Crippen LogP contribution in [0.5, 0.6) is 0 Å². The van der Waals surface area contributed by atoms with Gasteiger partial charge in [-0.25, -0.2) is 4.98 Å². The van der Waals surface area contributed by atoms with E-state index >= 15 is 0 Å². The summed E-state index contributed by atoms with van der Waals surface area (Å²) in [7, 11) is 0. The summed E-state index contributed by atoms with van der Waals surface area (Å²) in [6, 6.07) is 18.0. The van der Waals surface area contributed by atoms with Crippen LogP contribution in [0.1, 0.15) is 42.9 Å². The highest BCUT2D eigenvalue weighted by atomic mass is 16.1. The number of benzene rings is 2. The van der Waals surface area contributed by atoms with Crippen molar-refractivity contribution in [2.24, 2.45) is 5.41 Å². The average molecular weight is 479 g/mol. The molecule has 0 radical (unpaired) electrons. The van der Waals surface area contributed by atoms with E-state index in [4.69, 9.17) is 4.98 Å². The van der Waals surface area contributed by atoms with Crippen LogP contribution >= 0.6 is 0 Å². The fraction of sp³-hybridized carbons (Fsp3) is 0.276. The number of nitrogens with zero attached hydrogens (tertiary/aromatic N) is 3. The van der Waals surface area contributed by atoms with Crippen LogP contribution in [0.3, 0.4) is 0 Å². The first kappa shape index (κ1) is 22.5. The molecular weight excluding hydrogens is 448 g/mol. The maximum absolute atomic E-state index is 13.3. The van der Waals surface area contributed by atoms with E-state index in [1.54, 1.807) is 12.3 Å². The highest BCUT2D eigenvalue weighted by Crippen LogP contribution is 2.34. The minimum Gasteiger partial charge on any atom is -0.361 e. The molecule has 1 aliphatic heterocycles. The molecule has 0 bridgehead atoms. The molecule has 5 aromatic rings. The van der Waals surface area contributed by atoms with Crippen LogP contribution in [0.4, 0.5) is 5.69 Å². The van der Waals surface area contributed by atoms with E-state index in [-0.39, 0.29) is 5.91 Å². The van der Waals surface area contributed by atoms with E-state index < -0.39 is 0 Å². The van der Waals surface area contributed by atoms with Gasteiger partial charge in [-0.1, -0.05) is 32.0 Å². The number of pyridine rings is 1. The Morgan fingerprint density at radius 1 is 1.08 bits per heavy atom. The van der Waals surface area contributed by atoms with Gasteiger partial charge in [-0.2, -0.15) is 5.10 Å². The lowest BCUT2D eigenvalue weighted by atomic mass is 9.84. The van der Waals surface area contributed by atoms with E-state index in [1.165, 1.54) is 12.8 Å². The van der Waals surface area contributed by atoms with Crippen molar-refractivity contribution < 1.29 is 4.79 Å². The van der Waals surface area contributed by atoms with Crippen LogP contribution in [0.2, 0.25) is 0 Å². The number of carbonyl (C=O) groups excluding carboxylic acids is 1. The van der Waals surface area contributed by atoms with E-state index in [0.717, 1.165) is 58.3 Å². The Labute approximate surface area is 209 Å². The molecule has 7 heteroatoms. The summed E-state index contributed by atoms with van der Waals surface area (Å²) in [6.07, 6.45) is 6.13. The van der Waals surface area contributed by atoms with Crippen molar-refractivity contribution in [2.75, 3.05) is 18.4 Å². The molecule has 1 saturated heterocycles. The SMILES string of the molecule is CC1(C)CCCN(Cc2cccc(C(=O)Nc3cc(-c4cccc5[nH]ccc45)cc4[nH]ncc34)n2)C1. The number of likely N-dealkylation sites (tertiary alicyclic amines) is 1. The van der Waals surface area contributed by atoms with Gasteiger partial charge in [-0.05, 0) is 72.3 Å². The Kier molecular flexibility index (Phi) is 5.57. The second-order valence-corrected chi connectivity index (χ2v) is 10.5. The van der Waals surface area contributed by atoms with Gasteiger partial charge in [0.15, 0.2) is 0 Å². The summed E-state index contributed by atoms with van der Waals surface area (Å²) in [5.41, 5.74) is 6.38. The Balaban J connectivity index is 1.28. The molecule has 0 spiro atoms. The van der Waals surface area contributed by atoms with Crippen molar-refractivity contribution in [1.29, 1.82) is 0 Å². The normalized spacial score (nSPS) is 15.9. The molecule has 1 amide bonds. The van der Waals surface area contributed by atoms with Crippen LogP contribution in [-0.2, 0) is 6.54 Å². The molecule has 4 heterocycles. The molecule has 1 fully saturated rings. The lowest BCUT2D eigenvalue weighted by Gasteiger charge is -2.37. The van der Waals surface area contributed by atoms with Gasteiger partial charge < -0.3 is 10.3 Å². The highest BCUT2D eigenvalue weighted by molar-refractivity contribution is 6.09. The van der Waals surface area contributed by atoms with E-state index in [9.17, 15) is 4.79 Å². The first-order valence-electron chi connectivity index (χ1n) is 12.5. The summed E-state index contributed by atoms with van der Waals surface area (Å²) < 4.78 is 0. The number of aromatic nitrogens is 4. The molecule has 3 aromatic heterocycles. The number of amides is 1. The standard InChI is InChI=1S/C29H30N6O/c1-29(2)11-5-13-35(18-29)17-20-6-3-9-25(32-20)28(36)33-26-14-19(15-27-23(26)16-31-34-27)21-7-4-8-24-22(21)10-12-30-24/h3-4,6-10,12,14-16,30H,5,11,13,17-18H2,1-2H3,(H,31,34)(H,33,36). The van der Waals surface area contributed by atoms with Crippen LogP contribution in [-0.4, -0.2) is 44.1 Å². The smallest absolute Gasteiger partial charge is 0.274 e. The number of hydrogen-bond acceptors (Lipinski definition) is 4. The highest BCUT2D eigenvalue weighted by Gasteiger charge is 2.26. The third-order valence-electron chi connectivity index (χ3n) is 7.12. The molecule has 2 aromatic carbocycles. The summed E-state index contributed by atoms with van der Waals surface area (Å²) in [6.45, 7) is 7.51. The molecule has 0 unspecified atom stereocenters. The first-order chi connectivity index (χ1) is 17.4. The zero-order valence-corrected chi connectivity index (χ0v) is 20.6.